The molecule has 2 fully saturated rings. The Hall–Kier alpha value is -2.12. The maximum Gasteiger partial charge on any atom is 0.311 e. The Bertz CT molecular complexity index is 560. The van der Waals surface area contributed by atoms with Crippen molar-refractivity contribution in [1.82, 2.24) is 0 Å². The van der Waals surface area contributed by atoms with Crippen LogP contribution in [0.25, 0.3) is 0 Å². The first-order valence-corrected chi connectivity index (χ1v) is 8.11. The Morgan fingerprint density at radius 2 is 1.29 bits per heavy atom. The SMILES string of the molecule is O=C(O)C1CCC(C(=O)O)(C2(C(=O)O)CCCCC2C(=O)O)CC1. The molecule has 0 radical (unpaired) electrons. The fourth-order valence-corrected chi connectivity index (χ4v) is 4.75. The minimum absolute atomic E-state index is 0.0106. The lowest BCUT2D eigenvalue weighted by Gasteiger charge is -2.52. The van der Waals surface area contributed by atoms with Crippen LogP contribution in [0, 0.1) is 22.7 Å². The summed E-state index contributed by atoms with van der Waals surface area (Å²) in [7, 11) is 0. The molecule has 2 atom stereocenters. The monoisotopic (exact) mass is 342 g/mol. The largest absolute Gasteiger partial charge is 0.481 e. The third kappa shape index (κ3) is 2.53. The fraction of sp³-hybridized carbons (Fsp3) is 0.750. The van der Waals surface area contributed by atoms with Crippen molar-refractivity contribution < 1.29 is 39.6 Å². The van der Waals surface area contributed by atoms with Gasteiger partial charge in [-0.2, -0.15) is 0 Å². The van der Waals surface area contributed by atoms with Crippen LogP contribution in [-0.2, 0) is 19.2 Å². The number of rotatable bonds is 5. The van der Waals surface area contributed by atoms with Crippen molar-refractivity contribution >= 4 is 23.9 Å². The summed E-state index contributed by atoms with van der Waals surface area (Å²) in [5.74, 6) is -7.04. The second-order valence-corrected chi connectivity index (χ2v) is 6.91. The van der Waals surface area contributed by atoms with Gasteiger partial charge in [0.1, 0.15) is 0 Å². The second kappa shape index (κ2) is 6.41. The minimum Gasteiger partial charge on any atom is -0.481 e. The molecule has 0 amide bonds. The summed E-state index contributed by atoms with van der Waals surface area (Å²) in [6, 6.07) is 0. The zero-order valence-corrected chi connectivity index (χ0v) is 13.2. The van der Waals surface area contributed by atoms with E-state index in [-0.39, 0.29) is 38.5 Å². The van der Waals surface area contributed by atoms with Crippen LogP contribution < -0.4 is 0 Å². The highest BCUT2D eigenvalue weighted by Crippen LogP contribution is 2.60. The summed E-state index contributed by atoms with van der Waals surface area (Å²) in [4.78, 5) is 47.1. The Labute approximate surface area is 138 Å². The van der Waals surface area contributed by atoms with Gasteiger partial charge in [-0.05, 0) is 38.5 Å². The average Bonchev–Trinajstić information content (AvgIpc) is 2.54. The second-order valence-electron chi connectivity index (χ2n) is 6.91. The quantitative estimate of drug-likeness (QED) is 0.589. The molecule has 2 unspecified atom stereocenters. The molecule has 8 nitrogen and oxygen atoms in total. The summed E-state index contributed by atoms with van der Waals surface area (Å²) < 4.78 is 0. The molecule has 2 rings (SSSR count). The van der Waals surface area contributed by atoms with E-state index < -0.39 is 46.5 Å². The zero-order chi connectivity index (χ0) is 18.1. The van der Waals surface area contributed by atoms with E-state index in [9.17, 15) is 34.5 Å². The van der Waals surface area contributed by atoms with Crippen molar-refractivity contribution in [3.63, 3.8) is 0 Å². The Morgan fingerprint density at radius 1 is 0.708 bits per heavy atom. The maximum atomic E-state index is 12.2. The lowest BCUT2D eigenvalue weighted by atomic mass is 9.47. The summed E-state index contributed by atoms with van der Waals surface area (Å²) in [6.07, 6.45) is 0.937. The van der Waals surface area contributed by atoms with Gasteiger partial charge in [0, 0.05) is 0 Å². The Morgan fingerprint density at radius 3 is 1.71 bits per heavy atom. The molecule has 0 saturated heterocycles. The van der Waals surface area contributed by atoms with E-state index >= 15 is 0 Å². The van der Waals surface area contributed by atoms with Gasteiger partial charge in [0.2, 0.25) is 0 Å². The number of hydrogen-bond acceptors (Lipinski definition) is 4. The molecular weight excluding hydrogens is 320 g/mol. The number of hydrogen-bond donors (Lipinski definition) is 4. The van der Waals surface area contributed by atoms with Gasteiger partial charge >= 0.3 is 23.9 Å². The van der Waals surface area contributed by atoms with Crippen LogP contribution in [0.2, 0.25) is 0 Å². The molecule has 24 heavy (non-hydrogen) atoms. The first kappa shape index (κ1) is 18.2. The highest BCUT2D eigenvalue weighted by Gasteiger charge is 2.67. The van der Waals surface area contributed by atoms with Crippen molar-refractivity contribution in [3.8, 4) is 0 Å². The molecule has 2 aliphatic rings. The molecule has 8 heteroatoms. The van der Waals surface area contributed by atoms with E-state index in [0.29, 0.717) is 12.8 Å². The molecule has 2 saturated carbocycles. The number of carboxylic acids is 4. The van der Waals surface area contributed by atoms with Crippen LogP contribution in [0.15, 0.2) is 0 Å². The topological polar surface area (TPSA) is 149 Å². The highest BCUT2D eigenvalue weighted by molar-refractivity contribution is 5.91. The molecule has 0 aromatic rings. The normalized spacial score (nSPS) is 36.7. The number of aliphatic carboxylic acids is 4. The van der Waals surface area contributed by atoms with Gasteiger partial charge in [0.05, 0.1) is 22.7 Å². The molecule has 0 bridgehead atoms. The van der Waals surface area contributed by atoms with E-state index in [4.69, 9.17) is 5.11 Å². The van der Waals surface area contributed by atoms with Crippen molar-refractivity contribution in [1.29, 1.82) is 0 Å². The van der Waals surface area contributed by atoms with Gasteiger partial charge < -0.3 is 20.4 Å². The van der Waals surface area contributed by atoms with Crippen LogP contribution in [0.5, 0.6) is 0 Å². The summed E-state index contributed by atoms with van der Waals surface area (Å²) in [5.41, 5.74) is -3.64. The van der Waals surface area contributed by atoms with E-state index in [1.807, 2.05) is 0 Å². The lowest BCUT2D eigenvalue weighted by Crippen LogP contribution is -2.60. The number of carbonyl (C=O) groups is 4. The van der Waals surface area contributed by atoms with Crippen molar-refractivity contribution in [2.45, 2.75) is 51.4 Å². The average molecular weight is 342 g/mol. The van der Waals surface area contributed by atoms with E-state index in [1.54, 1.807) is 0 Å². The smallest absolute Gasteiger partial charge is 0.311 e. The first-order chi connectivity index (χ1) is 11.2. The van der Waals surface area contributed by atoms with E-state index in [2.05, 4.69) is 0 Å². The van der Waals surface area contributed by atoms with Gasteiger partial charge in [-0.15, -0.1) is 0 Å². The maximum absolute atomic E-state index is 12.2. The third-order valence-electron chi connectivity index (χ3n) is 6.04. The van der Waals surface area contributed by atoms with E-state index in [1.165, 1.54) is 0 Å². The highest BCUT2D eigenvalue weighted by atomic mass is 16.4. The molecule has 0 aromatic heterocycles. The molecular formula is C16H22O8. The van der Waals surface area contributed by atoms with Gasteiger partial charge in [-0.3, -0.25) is 19.2 Å². The molecule has 4 N–H and O–H groups in total. The predicted molar refractivity (Wildman–Crippen MR) is 79.3 cm³/mol. The molecule has 2 aliphatic carbocycles. The van der Waals surface area contributed by atoms with Crippen LogP contribution in [0.4, 0.5) is 0 Å². The minimum atomic E-state index is -1.90. The summed E-state index contributed by atoms with van der Waals surface area (Å²) in [5, 5.41) is 38.4. The van der Waals surface area contributed by atoms with E-state index in [0.717, 1.165) is 0 Å². The molecule has 0 spiro atoms. The Balaban J connectivity index is 2.53. The lowest BCUT2D eigenvalue weighted by molar-refractivity contribution is -0.196. The first-order valence-electron chi connectivity index (χ1n) is 8.11. The predicted octanol–water partition coefficient (Wildman–Crippen LogP) is 1.68. The van der Waals surface area contributed by atoms with Crippen molar-refractivity contribution in [3.05, 3.63) is 0 Å². The van der Waals surface area contributed by atoms with Gasteiger partial charge in [0.25, 0.3) is 0 Å². The molecule has 0 aliphatic heterocycles. The van der Waals surface area contributed by atoms with Crippen molar-refractivity contribution in [2.24, 2.45) is 22.7 Å². The Kier molecular flexibility index (Phi) is 4.87. The molecule has 0 heterocycles. The van der Waals surface area contributed by atoms with Gasteiger partial charge in [-0.25, -0.2) is 0 Å². The molecule has 134 valence electrons. The van der Waals surface area contributed by atoms with Crippen LogP contribution in [0.1, 0.15) is 51.4 Å². The summed E-state index contributed by atoms with van der Waals surface area (Å²) >= 11 is 0. The zero-order valence-electron chi connectivity index (χ0n) is 13.2. The van der Waals surface area contributed by atoms with Gasteiger partial charge in [0.15, 0.2) is 0 Å². The fourth-order valence-electron chi connectivity index (χ4n) is 4.75. The van der Waals surface area contributed by atoms with Crippen LogP contribution >= 0.6 is 0 Å². The van der Waals surface area contributed by atoms with Crippen LogP contribution in [-0.4, -0.2) is 44.3 Å². The third-order valence-corrected chi connectivity index (χ3v) is 6.04. The summed E-state index contributed by atoms with van der Waals surface area (Å²) in [6.45, 7) is 0. The van der Waals surface area contributed by atoms with Gasteiger partial charge in [-0.1, -0.05) is 12.8 Å². The standard InChI is InChI=1S/C16H22O8/c17-11(18)9-4-7-15(8-5-9,13(21)22)16(14(23)24)6-2-1-3-10(16)12(19)20/h9-10H,1-8H2,(H,17,18)(H,19,20)(H,21,22)(H,23,24). The van der Waals surface area contributed by atoms with Crippen LogP contribution in [0.3, 0.4) is 0 Å². The number of carboxylic acid groups (broad SMARTS) is 4. The van der Waals surface area contributed by atoms with Crippen molar-refractivity contribution in [2.75, 3.05) is 0 Å². The molecule has 0 aromatic carbocycles.